The molecule has 0 saturated heterocycles. The van der Waals surface area contributed by atoms with Crippen molar-refractivity contribution < 1.29 is 14.3 Å². The van der Waals surface area contributed by atoms with Crippen LogP contribution >= 0.6 is 0 Å². The van der Waals surface area contributed by atoms with E-state index in [0.717, 1.165) is 52.0 Å². The average Bonchev–Trinajstić information content (AvgIpc) is 2.68. The third-order valence-electron chi connectivity index (χ3n) is 5.12. The van der Waals surface area contributed by atoms with Crippen molar-refractivity contribution in [3.05, 3.63) is 0 Å². The van der Waals surface area contributed by atoms with Gasteiger partial charge in [-0.3, -0.25) is 0 Å². The highest BCUT2D eigenvalue weighted by Crippen LogP contribution is 2.10. The van der Waals surface area contributed by atoms with Gasteiger partial charge in [-0.25, -0.2) is 0 Å². The Balaban J connectivity index is 2.96. The Bertz CT molecular complexity index is 268. The van der Waals surface area contributed by atoms with Crippen LogP contribution in [0.25, 0.3) is 0 Å². The highest BCUT2D eigenvalue weighted by atomic mass is 16.5. The van der Waals surface area contributed by atoms with Crippen molar-refractivity contribution in [2.24, 2.45) is 0 Å². The summed E-state index contributed by atoms with van der Waals surface area (Å²) >= 11 is 0. The van der Waals surface area contributed by atoms with Crippen LogP contribution in [-0.4, -0.2) is 32.7 Å². The first-order chi connectivity index (χ1) is 13.4. The van der Waals surface area contributed by atoms with Crippen LogP contribution in [0.4, 0.5) is 0 Å². The summed E-state index contributed by atoms with van der Waals surface area (Å²) in [5.74, 6) is 0. The van der Waals surface area contributed by atoms with E-state index in [1.54, 1.807) is 0 Å². The lowest BCUT2D eigenvalue weighted by molar-refractivity contribution is -0.107. The Labute approximate surface area is 170 Å². The molecule has 0 fully saturated rings. The van der Waals surface area contributed by atoms with E-state index in [1.807, 2.05) is 0 Å². The van der Waals surface area contributed by atoms with Gasteiger partial charge in [0, 0.05) is 19.6 Å². The van der Waals surface area contributed by atoms with Gasteiger partial charge in [0.05, 0.1) is 13.2 Å². The molecule has 0 saturated carbocycles. The minimum atomic E-state index is 0.731. The summed E-state index contributed by atoms with van der Waals surface area (Å²) < 4.78 is 11.3. The molecule has 0 bridgehead atoms. The summed E-state index contributed by atoms with van der Waals surface area (Å²) in [4.78, 5) is 10.2. The van der Waals surface area contributed by atoms with E-state index in [-0.39, 0.29) is 0 Å². The maximum absolute atomic E-state index is 10.2. The Morgan fingerprint density at radius 3 is 1.26 bits per heavy atom. The molecule has 0 atom stereocenters. The molecule has 27 heavy (non-hydrogen) atoms. The molecule has 0 heterocycles. The number of hydrogen-bond acceptors (Lipinski definition) is 3. The highest BCUT2D eigenvalue weighted by molar-refractivity contribution is 5.48. The molecule has 0 aliphatic rings. The number of ether oxygens (including phenoxy) is 2. The molecule has 0 aromatic heterocycles. The van der Waals surface area contributed by atoms with Crippen molar-refractivity contribution in [2.45, 2.75) is 122 Å². The van der Waals surface area contributed by atoms with E-state index in [1.165, 1.54) is 96.3 Å². The van der Waals surface area contributed by atoms with Gasteiger partial charge in [0.25, 0.3) is 0 Å². The molecule has 3 heteroatoms. The second kappa shape index (κ2) is 25.6. The number of carbonyl (C=O) groups excluding carboxylic acids is 1. The summed E-state index contributed by atoms with van der Waals surface area (Å²) in [5.41, 5.74) is 0. The van der Waals surface area contributed by atoms with Crippen molar-refractivity contribution in [2.75, 3.05) is 26.4 Å². The van der Waals surface area contributed by atoms with Gasteiger partial charge in [-0.15, -0.1) is 0 Å². The molecular weight excluding hydrogens is 336 g/mol. The van der Waals surface area contributed by atoms with Crippen LogP contribution in [0.2, 0.25) is 0 Å². The molecule has 3 nitrogen and oxygen atoms in total. The standard InChI is InChI=1S/C24H48O3/c1-2-3-4-5-6-7-9-12-15-18-21-26-23-24-27-22-19-16-13-10-8-11-14-17-20-25/h20H,2-19,21-24H2,1H3. The van der Waals surface area contributed by atoms with Crippen molar-refractivity contribution >= 4 is 6.29 Å². The molecule has 0 spiro atoms. The summed E-state index contributed by atoms with van der Waals surface area (Å²) in [6, 6.07) is 0. The smallest absolute Gasteiger partial charge is 0.119 e. The van der Waals surface area contributed by atoms with Crippen LogP contribution in [0.5, 0.6) is 0 Å². The van der Waals surface area contributed by atoms with Gasteiger partial charge in [-0.05, 0) is 19.3 Å². The lowest BCUT2D eigenvalue weighted by Gasteiger charge is -2.06. The Kier molecular flexibility index (Phi) is 25.2. The Morgan fingerprint density at radius 1 is 0.481 bits per heavy atom. The first kappa shape index (κ1) is 26.6. The molecule has 0 amide bonds. The number of unbranched alkanes of at least 4 members (excludes halogenated alkanes) is 16. The van der Waals surface area contributed by atoms with Gasteiger partial charge in [-0.2, -0.15) is 0 Å². The van der Waals surface area contributed by atoms with Gasteiger partial charge in [-0.1, -0.05) is 96.8 Å². The molecule has 0 aromatic rings. The topological polar surface area (TPSA) is 35.5 Å². The fourth-order valence-electron chi connectivity index (χ4n) is 3.33. The van der Waals surface area contributed by atoms with Gasteiger partial charge in [0.15, 0.2) is 0 Å². The van der Waals surface area contributed by atoms with Crippen molar-refractivity contribution in [3.8, 4) is 0 Å². The third-order valence-corrected chi connectivity index (χ3v) is 5.12. The lowest BCUT2D eigenvalue weighted by Crippen LogP contribution is -2.06. The molecule has 0 N–H and O–H groups in total. The van der Waals surface area contributed by atoms with Crippen LogP contribution in [0, 0.1) is 0 Å². The molecule has 162 valence electrons. The summed E-state index contributed by atoms with van der Waals surface area (Å²) in [7, 11) is 0. The minimum Gasteiger partial charge on any atom is -0.379 e. The van der Waals surface area contributed by atoms with Crippen LogP contribution in [0.15, 0.2) is 0 Å². The maximum Gasteiger partial charge on any atom is 0.119 e. The number of carbonyl (C=O) groups is 1. The zero-order chi connectivity index (χ0) is 19.7. The van der Waals surface area contributed by atoms with E-state index in [4.69, 9.17) is 9.47 Å². The van der Waals surface area contributed by atoms with Crippen LogP contribution in [0.1, 0.15) is 122 Å². The van der Waals surface area contributed by atoms with Crippen molar-refractivity contribution in [1.29, 1.82) is 0 Å². The normalized spacial score (nSPS) is 11.1. The molecule has 0 unspecified atom stereocenters. The lowest BCUT2D eigenvalue weighted by atomic mass is 10.1. The Morgan fingerprint density at radius 2 is 0.852 bits per heavy atom. The number of aldehydes is 1. The summed E-state index contributed by atoms with van der Waals surface area (Å²) in [5, 5.41) is 0. The molecule has 0 radical (unpaired) electrons. The van der Waals surface area contributed by atoms with Crippen LogP contribution in [0.3, 0.4) is 0 Å². The second-order valence-electron chi connectivity index (χ2n) is 7.84. The fraction of sp³-hybridized carbons (Fsp3) is 0.958. The average molecular weight is 385 g/mol. The zero-order valence-corrected chi connectivity index (χ0v) is 18.4. The van der Waals surface area contributed by atoms with E-state index in [9.17, 15) is 4.79 Å². The largest absolute Gasteiger partial charge is 0.379 e. The molecular formula is C24H48O3. The zero-order valence-electron chi connectivity index (χ0n) is 18.4. The van der Waals surface area contributed by atoms with Gasteiger partial charge >= 0.3 is 0 Å². The number of rotatable bonds is 24. The first-order valence-electron chi connectivity index (χ1n) is 12.0. The van der Waals surface area contributed by atoms with E-state index < -0.39 is 0 Å². The highest BCUT2D eigenvalue weighted by Gasteiger charge is 1.95. The van der Waals surface area contributed by atoms with E-state index in [0.29, 0.717) is 0 Å². The molecule has 0 aliphatic heterocycles. The van der Waals surface area contributed by atoms with Crippen LogP contribution < -0.4 is 0 Å². The Hall–Kier alpha value is -0.410. The summed E-state index contributed by atoms with van der Waals surface area (Å²) in [6.45, 7) is 5.52. The van der Waals surface area contributed by atoms with Crippen molar-refractivity contribution in [1.82, 2.24) is 0 Å². The molecule has 0 aromatic carbocycles. The van der Waals surface area contributed by atoms with Gasteiger partial charge in [0.2, 0.25) is 0 Å². The number of hydrogen-bond donors (Lipinski definition) is 0. The third kappa shape index (κ3) is 25.6. The van der Waals surface area contributed by atoms with Crippen molar-refractivity contribution in [3.63, 3.8) is 0 Å². The van der Waals surface area contributed by atoms with Crippen LogP contribution in [-0.2, 0) is 14.3 Å². The van der Waals surface area contributed by atoms with E-state index in [2.05, 4.69) is 6.92 Å². The molecule has 0 aliphatic carbocycles. The SMILES string of the molecule is CCCCCCCCCCCCOCCOCCCCCCCCCC=O. The molecule has 0 rings (SSSR count). The fourth-order valence-corrected chi connectivity index (χ4v) is 3.33. The van der Waals surface area contributed by atoms with E-state index >= 15 is 0 Å². The van der Waals surface area contributed by atoms with Gasteiger partial charge in [0.1, 0.15) is 6.29 Å². The summed E-state index contributed by atoms with van der Waals surface area (Å²) in [6.07, 6.45) is 24.0. The first-order valence-corrected chi connectivity index (χ1v) is 12.0. The predicted octanol–water partition coefficient (Wildman–Crippen LogP) is 7.26. The second-order valence-corrected chi connectivity index (χ2v) is 7.84. The van der Waals surface area contributed by atoms with Gasteiger partial charge < -0.3 is 14.3 Å². The maximum atomic E-state index is 10.2. The quantitative estimate of drug-likeness (QED) is 0.130. The predicted molar refractivity (Wildman–Crippen MR) is 116 cm³/mol. The minimum absolute atomic E-state index is 0.731. The monoisotopic (exact) mass is 384 g/mol.